The van der Waals surface area contributed by atoms with Crippen LogP contribution < -0.4 is 0 Å². The molecule has 0 aliphatic heterocycles. The molecule has 1 N–H and O–H groups in total. The highest BCUT2D eigenvalue weighted by Gasteiger charge is 2.18. The summed E-state index contributed by atoms with van der Waals surface area (Å²) in [6.07, 6.45) is 0.521. The van der Waals surface area contributed by atoms with Crippen molar-refractivity contribution < 1.29 is 14.7 Å². The number of carboxylic acids is 1. The van der Waals surface area contributed by atoms with E-state index in [4.69, 9.17) is 0 Å². The second-order valence-corrected chi connectivity index (χ2v) is 5.81. The van der Waals surface area contributed by atoms with Gasteiger partial charge in [-0.15, -0.1) is 0 Å². The van der Waals surface area contributed by atoms with Crippen LogP contribution in [0.25, 0.3) is 10.8 Å². The minimum absolute atomic E-state index is 0.0596. The smallest absolute Gasteiger partial charge is 0.310 e. The highest BCUT2D eigenvalue weighted by atomic mass is 16.4. The van der Waals surface area contributed by atoms with Gasteiger partial charge in [-0.2, -0.15) is 0 Å². The Kier molecular flexibility index (Phi) is 4.43. The second kappa shape index (κ2) is 6.67. The van der Waals surface area contributed by atoms with Crippen molar-refractivity contribution in [3.63, 3.8) is 0 Å². The zero-order valence-electron chi connectivity index (χ0n) is 13.4. The first-order chi connectivity index (χ1) is 11.6. The third kappa shape index (κ3) is 3.06. The lowest BCUT2D eigenvalue weighted by Gasteiger charge is -2.10. The van der Waals surface area contributed by atoms with Crippen LogP contribution in [-0.4, -0.2) is 16.9 Å². The fraction of sp³-hybridized carbons (Fsp3) is 0.143. The van der Waals surface area contributed by atoms with Gasteiger partial charge >= 0.3 is 5.97 Å². The van der Waals surface area contributed by atoms with E-state index in [1.54, 1.807) is 24.3 Å². The fourth-order valence-corrected chi connectivity index (χ4v) is 2.92. The Hall–Kier alpha value is -2.94. The Bertz CT molecular complexity index is 894. The number of hydrogen-bond acceptors (Lipinski definition) is 2. The first-order valence-corrected chi connectivity index (χ1v) is 7.96. The van der Waals surface area contributed by atoms with Crippen LogP contribution in [0.4, 0.5) is 0 Å². The van der Waals surface area contributed by atoms with E-state index in [9.17, 15) is 14.7 Å². The van der Waals surface area contributed by atoms with Crippen LogP contribution in [0.15, 0.2) is 66.7 Å². The third-order valence-electron chi connectivity index (χ3n) is 4.29. The summed E-state index contributed by atoms with van der Waals surface area (Å²) in [6.45, 7) is 1.84. The van der Waals surface area contributed by atoms with Crippen molar-refractivity contribution in [3.8, 4) is 0 Å². The molecule has 0 aliphatic rings. The monoisotopic (exact) mass is 318 g/mol. The Balaban J connectivity index is 1.90. The summed E-state index contributed by atoms with van der Waals surface area (Å²) in [5.74, 6) is -1.43. The molecule has 0 spiro atoms. The average Bonchev–Trinajstić information content (AvgIpc) is 2.61. The normalized spacial score (nSPS) is 12.0. The number of benzene rings is 3. The number of carbonyl (C=O) groups excluding carboxylic acids is 1. The van der Waals surface area contributed by atoms with Crippen LogP contribution >= 0.6 is 0 Å². The second-order valence-electron chi connectivity index (χ2n) is 5.81. The third-order valence-corrected chi connectivity index (χ3v) is 4.29. The average molecular weight is 318 g/mol. The molecule has 0 saturated heterocycles. The molecule has 0 bridgehead atoms. The van der Waals surface area contributed by atoms with Gasteiger partial charge in [0, 0.05) is 11.1 Å². The van der Waals surface area contributed by atoms with Gasteiger partial charge in [0.2, 0.25) is 0 Å². The van der Waals surface area contributed by atoms with Gasteiger partial charge in [-0.1, -0.05) is 67.6 Å². The van der Waals surface area contributed by atoms with E-state index in [0.29, 0.717) is 17.5 Å². The number of carboxylic acid groups (broad SMARTS) is 1. The van der Waals surface area contributed by atoms with Crippen LogP contribution in [-0.2, 0) is 4.79 Å². The minimum atomic E-state index is -0.842. The minimum Gasteiger partial charge on any atom is -0.481 e. The molecular weight excluding hydrogens is 300 g/mol. The molecule has 0 heterocycles. The van der Waals surface area contributed by atoms with Crippen molar-refractivity contribution in [2.45, 2.75) is 19.3 Å². The van der Waals surface area contributed by atoms with Crippen LogP contribution in [0.1, 0.15) is 40.7 Å². The van der Waals surface area contributed by atoms with E-state index in [2.05, 4.69) is 0 Å². The standard InChI is InChI=1S/C21H18O3/c1-2-19(21(23)24)15-8-10-16(11-9-15)20(22)18-12-7-14-5-3-4-6-17(14)13-18/h3-13,19H,2H2,1H3,(H,23,24). The lowest BCUT2D eigenvalue weighted by Crippen LogP contribution is -2.10. The highest BCUT2D eigenvalue weighted by molar-refractivity contribution is 6.10. The predicted molar refractivity (Wildman–Crippen MR) is 94.5 cm³/mol. The van der Waals surface area contributed by atoms with Crippen LogP contribution in [0.3, 0.4) is 0 Å². The molecule has 0 fully saturated rings. The Morgan fingerprint density at radius 3 is 2.12 bits per heavy atom. The summed E-state index contributed by atoms with van der Waals surface area (Å²) in [4.78, 5) is 23.9. The summed E-state index contributed by atoms with van der Waals surface area (Å²) >= 11 is 0. The summed E-state index contributed by atoms with van der Waals surface area (Å²) < 4.78 is 0. The predicted octanol–water partition coefficient (Wildman–Crippen LogP) is 4.65. The molecule has 0 aromatic heterocycles. The van der Waals surface area contributed by atoms with Gasteiger partial charge in [0.15, 0.2) is 5.78 Å². The maximum absolute atomic E-state index is 12.7. The molecule has 0 radical (unpaired) electrons. The van der Waals surface area contributed by atoms with Gasteiger partial charge in [0.05, 0.1) is 5.92 Å². The Morgan fingerprint density at radius 1 is 0.875 bits per heavy atom. The fourth-order valence-electron chi connectivity index (χ4n) is 2.92. The molecule has 3 rings (SSSR count). The molecule has 0 aliphatic carbocycles. The summed E-state index contributed by atoms with van der Waals surface area (Å²) in [5, 5.41) is 11.3. The lowest BCUT2D eigenvalue weighted by molar-refractivity contribution is -0.138. The van der Waals surface area contributed by atoms with E-state index >= 15 is 0 Å². The van der Waals surface area contributed by atoms with E-state index < -0.39 is 11.9 Å². The van der Waals surface area contributed by atoms with E-state index in [1.165, 1.54) is 0 Å². The van der Waals surface area contributed by atoms with Gasteiger partial charge in [0.1, 0.15) is 0 Å². The van der Waals surface area contributed by atoms with Crippen molar-refractivity contribution >= 4 is 22.5 Å². The van der Waals surface area contributed by atoms with Crippen molar-refractivity contribution in [1.29, 1.82) is 0 Å². The van der Waals surface area contributed by atoms with Crippen LogP contribution in [0.2, 0.25) is 0 Å². The molecule has 0 amide bonds. The number of carbonyl (C=O) groups is 2. The summed E-state index contributed by atoms with van der Waals surface area (Å²) in [5.41, 5.74) is 1.92. The number of aliphatic carboxylic acids is 1. The van der Waals surface area contributed by atoms with Crippen LogP contribution in [0.5, 0.6) is 0 Å². The SMILES string of the molecule is CCC(C(=O)O)c1ccc(C(=O)c2ccc3ccccc3c2)cc1. The number of rotatable bonds is 5. The lowest BCUT2D eigenvalue weighted by atomic mass is 9.94. The molecule has 3 aromatic rings. The summed E-state index contributed by atoms with van der Waals surface area (Å²) in [6, 6.07) is 20.4. The van der Waals surface area contributed by atoms with Gasteiger partial charge in [-0.25, -0.2) is 0 Å². The van der Waals surface area contributed by atoms with Crippen molar-refractivity contribution in [2.75, 3.05) is 0 Å². The molecule has 1 atom stereocenters. The topological polar surface area (TPSA) is 54.4 Å². The van der Waals surface area contributed by atoms with E-state index in [0.717, 1.165) is 16.3 Å². The molecule has 24 heavy (non-hydrogen) atoms. The van der Waals surface area contributed by atoms with Gasteiger partial charge in [-0.3, -0.25) is 9.59 Å². The molecule has 3 aromatic carbocycles. The maximum Gasteiger partial charge on any atom is 0.310 e. The summed E-state index contributed by atoms with van der Waals surface area (Å²) in [7, 11) is 0. The Labute approximate surface area is 140 Å². The number of ketones is 1. The Morgan fingerprint density at radius 2 is 1.50 bits per heavy atom. The van der Waals surface area contributed by atoms with Gasteiger partial charge < -0.3 is 5.11 Å². The molecule has 0 saturated carbocycles. The molecule has 120 valence electrons. The van der Waals surface area contributed by atoms with E-state index in [1.807, 2.05) is 49.4 Å². The first kappa shape index (κ1) is 15.9. The first-order valence-electron chi connectivity index (χ1n) is 7.96. The maximum atomic E-state index is 12.7. The van der Waals surface area contributed by atoms with Gasteiger partial charge in [-0.05, 0) is 28.8 Å². The molecule has 1 unspecified atom stereocenters. The van der Waals surface area contributed by atoms with Crippen LogP contribution in [0, 0.1) is 0 Å². The molecule has 3 heteroatoms. The van der Waals surface area contributed by atoms with Gasteiger partial charge in [0.25, 0.3) is 0 Å². The van der Waals surface area contributed by atoms with Crippen molar-refractivity contribution in [2.24, 2.45) is 0 Å². The zero-order valence-corrected chi connectivity index (χ0v) is 13.4. The number of fused-ring (bicyclic) bond motifs is 1. The van der Waals surface area contributed by atoms with Crippen molar-refractivity contribution in [3.05, 3.63) is 83.4 Å². The zero-order chi connectivity index (χ0) is 17.1. The highest BCUT2D eigenvalue weighted by Crippen LogP contribution is 2.22. The largest absolute Gasteiger partial charge is 0.481 e. The quantitative estimate of drug-likeness (QED) is 0.697. The molecular formula is C21H18O3. The van der Waals surface area contributed by atoms with Crippen molar-refractivity contribution in [1.82, 2.24) is 0 Å². The van der Waals surface area contributed by atoms with E-state index in [-0.39, 0.29) is 5.78 Å². The molecule has 3 nitrogen and oxygen atoms in total. The number of hydrogen-bond donors (Lipinski definition) is 1.